The van der Waals surface area contributed by atoms with Gasteiger partial charge >= 0.3 is 6.18 Å². The molecule has 4 rings (SSSR count). The molecule has 2 N–H and O–H groups in total. The first kappa shape index (κ1) is 31.9. The topological polar surface area (TPSA) is 114 Å². The minimum atomic E-state index is -4.69. The second-order valence-electron chi connectivity index (χ2n) is 10.6. The van der Waals surface area contributed by atoms with Crippen LogP contribution < -0.4 is 15.4 Å². The summed E-state index contributed by atoms with van der Waals surface area (Å²) in [6.45, 7) is 8.18. The number of ether oxygens (including phenoxy) is 2. The molecule has 9 nitrogen and oxygen atoms in total. The number of rotatable bonds is 9. The summed E-state index contributed by atoms with van der Waals surface area (Å²) in [6.07, 6.45) is 0.147. The molecule has 0 radical (unpaired) electrons. The van der Waals surface area contributed by atoms with Crippen molar-refractivity contribution >= 4 is 17.2 Å². The summed E-state index contributed by atoms with van der Waals surface area (Å²) in [4.78, 5) is 17.0. The van der Waals surface area contributed by atoms with Gasteiger partial charge < -0.3 is 20.1 Å². The van der Waals surface area contributed by atoms with E-state index in [-0.39, 0.29) is 30.8 Å². The number of carbonyl (C=O) groups excluding carboxylic acids is 1. The zero-order chi connectivity index (χ0) is 31.9. The Bertz CT molecular complexity index is 1740. The van der Waals surface area contributed by atoms with E-state index >= 15 is 0 Å². The Kier molecular flexibility index (Phi) is 9.77. The van der Waals surface area contributed by atoms with Crippen LogP contribution in [0.2, 0.25) is 0 Å². The van der Waals surface area contributed by atoms with Gasteiger partial charge in [0.1, 0.15) is 24.2 Å². The number of alkyl halides is 3. The Morgan fingerprint density at radius 3 is 2.52 bits per heavy atom. The van der Waals surface area contributed by atoms with E-state index in [0.717, 1.165) is 17.2 Å². The molecule has 12 heteroatoms. The standard InChI is InChI=1S/C32H31F3N6O3/c1-5-43-25-16-26(29-24(17-36)19-40-41(29)20-25)23-10-11-28(39-18-23)37-12-13-38-30(42)22-9-8-21(27(15-22)32(33,34)35)7-6-14-44-31(2,3)4/h8-11,15-16,18-20H,5,12-14H2,1-4H3,(H,37,39)(H,38,42). The minimum Gasteiger partial charge on any atom is -0.492 e. The summed E-state index contributed by atoms with van der Waals surface area (Å²) >= 11 is 0. The average molecular weight is 605 g/mol. The average Bonchev–Trinajstić information content (AvgIpc) is 3.40. The molecule has 0 unspecified atom stereocenters. The van der Waals surface area contributed by atoms with Crippen LogP contribution in [0.3, 0.4) is 0 Å². The van der Waals surface area contributed by atoms with E-state index in [1.807, 2.05) is 39.8 Å². The lowest BCUT2D eigenvalue weighted by atomic mass is 10.0. The molecule has 44 heavy (non-hydrogen) atoms. The van der Waals surface area contributed by atoms with Gasteiger partial charge in [0.2, 0.25) is 0 Å². The number of nitrogens with one attached hydrogen (secondary N) is 2. The number of pyridine rings is 2. The van der Waals surface area contributed by atoms with Crippen LogP contribution in [0, 0.1) is 23.2 Å². The highest BCUT2D eigenvalue weighted by atomic mass is 19.4. The van der Waals surface area contributed by atoms with Crippen molar-refractivity contribution in [3.8, 4) is 34.8 Å². The molecule has 0 aliphatic heterocycles. The summed E-state index contributed by atoms with van der Waals surface area (Å²) in [5, 5.41) is 19.4. The fourth-order valence-corrected chi connectivity index (χ4v) is 4.18. The number of aromatic nitrogens is 3. The number of amides is 1. The minimum absolute atomic E-state index is 0.0224. The molecule has 4 aromatic rings. The molecule has 228 valence electrons. The number of nitrogens with zero attached hydrogens (tertiary/aromatic N) is 4. The molecule has 0 aliphatic carbocycles. The Labute approximate surface area is 253 Å². The Morgan fingerprint density at radius 2 is 1.86 bits per heavy atom. The summed E-state index contributed by atoms with van der Waals surface area (Å²) in [5.41, 5.74) is 0.690. The third-order valence-electron chi connectivity index (χ3n) is 6.20. The Morgan fingerprint density at radius 1 is 1.07 bits per heavy atom. The Balaban J connectivity index is 1.38. The van der Waals surface area contributed by atoms with Crippen molar-refractivity contribution in [3.63, 3.8) is 0 Å². The summed E-state index contributed by atoms with van der Waals surface area (Å²) in [5.74, 6) is 5.56. The van der Waals surface area contributed by atoms with Crippen LogP contribution >= 0.6 is 0 Å². The van der Waals surface area contributed by atoms with Gasteiger partial charge in [-0.1, -0.05) is 11.8 Å². The Hall–Kier alpha value is -5.07. The number of nitriles is 1. The van der Waals surface area contributed by atoms with Crippen LogP contribution in [0.1, 0.15) is 54.7 Å². The van der Waals surface area contributed by atoms with E-state index in [0.29, 0.717) is 29.3 Å². The van der Waals surface area contributed by atoms with E-state index in [1.54, 1.807) is 23.0 Å². The monoisotopic (exact) mass is 604 g/mol. The van der Waals surface area contributed by atoms with Gasteiger partial charge in [-0.3, -0.25) is 4.79 Å². The van der Waals surface area contributed by atoms with Gasteiger partial charge in [0.15, 0.2) is 0 Å². The molecule has 0 saturated heterocycles. The third kappa shape index (κ3) is 8.06. The second-order valence-corrected chi connectivity index (χ2v) is 10.6. The van der Waals surface area contributed by atoms with Crippen LogP contribution in [0.15, 0.2) is 55.0 Å². The highest BCUT2D eigenvalue weighted by molar-refractivity contribution is 5.94. The SMILES string of the molecule is CCOc1cc(-c2ccc(NCCNC(=O)c3ccc(C#CCOC(C)(C)C)c(C(F)(F)F)c3)nc2)c2c(C#N)cnn2c1. The normalized spacial score (nSPS) is 11.4. The second kappa shape index (κ2) is 13.5. The quantitative estimate of drug-likeness (QED) is 0.186. The molecule has 0 saturated carbocycles. The summed E-state index contributed by atoms with van der Waals surface area (Å²) in [7, 11) is 0. The lowest BCUT2D eigenvalue weighted by molar-refractivity contribution is -0.137. The first-order valence-electron chi connectivity index (χ1n) is 13.8. The molecule has 0 atom stereocenters. The van der Waals surface area contributed by atoms with Gasteiger partial charge in [-0.15, -0.1) is 0 Å². The smallest absolute Gasteiger partial charge is 0.417 e. The van der Waals surface area contributed by atoms with Crippen molar-refractivity contribution in [2.45, 2.75) is 39.5 Å². The number of anilines is 1. The lowest BCUT2D eigenvalue weighted by Crippen LogP contribution is -2.29. The number of halogens is 3. The van der Waals surface area contributed by atoms with Crippen LogP contribution in [0.4, 0.5) is 19.0 Å². The van der Waals surface area contributed by atoms with Crippen LogP contribution in [-0.2, 0) is 10.9 Å². The lowest BCUT2D eigenvalue weighted by Gasteiger charge is -2.17. The fraction of sp³-hybridized carbons (Fsp3) is 0.312. The number of carbonyl (C=O) groups is 1. The van der Waals surface area contributed by atoms with E-state index in [1.165, 1.54) is 18.3 Å². The van der Waals surface area contributed by atoms with Crippen molar-refractivity contribution in [1.82, 2.24) is 19.9 Å². The van der Waals surface area contributed by atoms with Gasteiger partial charge in [-0.05, 0) is 64.1 Å². The highest BCUT2D eigenvalue weighted by Crippen LogP contribution is 2.33. The fourth-order valence-electron chi connectivity index (χ4n) is 4.18. The van der Waals surface area contributed by atoms with Gasteiger partial charge in [-0.25, -0.2) is 9.50 Å². The molecule has 0 aliphatic rings. The number of hydrogen-bond donors (Lipinski definition) is 2. The first-order valence-corrected chi connectivity index (χ1v) is 13.8. The zero-order valence-electron chi connectivity index (χ0n) is 24.7. The molecule has 3 aromatic heterocycles. The van der Waals surface area contributed by atoms with Crippen molar-refractivity contribution in [1.29, 1.82) is 5.26 Å². The molecular formula is C32H31F3N6O3. The molecular weight excluding hydrogens is 573 g/mol. The number of hydrogen-bond acceptors (Lipinski definition) is 7. The predicted octanol–water partition coefficient (Wildman–Crippen LogP) is 5.69. The molecule has 0 spiro atoms. The first-order chi connectivity index (χ1) is 20.9. The van der Waals surface area contributed by atoms with Crippen molar-refractivity contribution < 1.29 is 27.4 Å². The molecule has 0 fully saturated rings. The molecule has 3 heterocycles. The van der Waals surface area contributed by atoms with Crippen LogP contribution in [0.5, 0.6) is 5.75 Å². The maximum atomic E-state index is 13.7. The van der Waals surface area contributed by atoms with E-state index < -0.39 is 23.2 Å². The van der Waals surface area contributed by atoms with E-state index in [4.69, 9.17) is 9.47 Å². The highest BCUT2D eigenvalue weighted by Gasteiger charge is 2.34. The largest absolute Gasteiger partial charge is 0.492 e. The van der Waals surface area contributed by atoms with Gasteiger partial charge in [0.25, 0.3) is 5.91 Å². The third-order valence-corrected chi connectivity index (χ3v) is 6.20. The van der Waals surface area contributed by atoms with E-state index in [2.05, 4.69) is 38.6 Å². The van der Waals surface area contributed by atoms with E-state index in [9.17, 15) is 23.2 Å². The van der Waals surface area contributed by atoms with Crippen molar-refractivity contribution in [3.05, 3.63) is 77.2 Å². The molecule has 1 amide bonds. The van der Waals surface area contributed by atoms with Crippen molar-refractivity contribution in [2.75, 3.05) is 31.6 Å². The molecule has 1 aromatic carbocycles. The van der Waals surface area contributed by atoms with Crippen LogP contribution in [-0.4, -0.2) is 52.4 Å². The van der Waals surface area contributed by atoms with Crippen molar-refractivity contribution in [2.24, 2.45) is 0 Å². The number of benzene rings is 1. The maximum absolute atomic E-state index is 13.7. The van der Waals surface area contributed by atoms with Gasteiger partial charge in [0.05, 0.1) is 41.2 Å². The summed E-state index contributed by atoms with van der Waals surface area (Å²) < 4.78 is 53.8. The van der Waals surface area contributed by atoms with Crippen LogP contribution in [0.25, 0.3) is 16.6 Å². The summed E-state index contributed by atoms with van der Waals surface area (Å²) in [6, 6.07) is 10.8. The molecule has 0 bridgehead atoms. The zero-order valence-corrected chi connectivity index (χ0v) is 24.7. The number of fused-ring (bicyclic) bond motifs is 1. The maximum Gasteiger partial charge on any atom is 0.417 e. The van der Waals surface area contributed by atoms with Gasteiger partial charge in [-0.2, -0.15) is 23.5 Å². The van der Waals surface area contributed by atoms with Gasteiger partial charge in [0, 0.05) is 41.5 Å². The predicted molar refractivity (Wildman–Crippen MR) is 159 cm³/mol.